The van der Waals surface area contributed by atoms with Crippen LogP contribution in [0.25, 0.3) is 0 Å². The second-order valence-corrected chi connectivity index (χ2v) is 10.5. The molecule has 0 saturated carbocycles. The molecular formula is C19H28N2O4S. The summed E-state index contributed by atoms with van der Waals surface area (Å²) >= 11 is 0. The molecule has 0 aliphatic carbocycles. The van der Waals surface area contributed by atoms with Crippen LogP contribution >= 0.6 is 0 Å². The fourth-order valence-electron chi connectivity index (χ4n) is 3.95. The first-order chi connectivity index (χ1) is 12.2. The molecule has 7 heteroatoms. The Labute approximate surface area is 155 Å². The number of aryl methyl sites for hydroxylation is 1. The Balaban J connectivity index is 1.60. The Morgan fingerprint density at radius 1 is 1.38 bits per heavy atom. The van der Waals surface area contributed by atoms with Gasteiger partial charge in [0.15, 0.2) is 9.84 Å². The van der Waals surface area contributed by atoms with Gasteiger partial charge in [-0.25, -0.2) is 8.42 Å². The molecule has 144 valence electrons. The minimum Gasteiger partial charge on any atom is -0.375 e. The molecule has 1 spiro atoms. The summed E-state index contributed by atoms with van der Waals surface area (Å²) in [7, 11) is -3.19. The van der Waals surface area contributed by atoms with Crippen molar-refractivity contribution in [2.45, 2.75) is 45.0 Å². The Morgan fingerprint density at radius 2 is 2.12 bits per heavy atom. The second kappa shape index (κ2) is 7.27. The number of carbonyl (C=O) groups is 1. The third-order valence-electron chi connectivity index (χ3n) is 5.47. The molecule has 1 amide bonds. The molecule has 0 N–H and O–H groups in total. The average Bonchev–Trinajstić information content (AvgIpc) is 2.76. The minimum absolute atomic E-state index is 0.0522. The van der Waals surface area contributed by atoms with Gasteiger partial charge in [0.2, 0.25) is 5.91 Å². The van der Waals surface area contributed by atoms with Gasteiger partial charge in [0.1, 0.15) is 4.75 Å². The quantitative estimate of drug-likeness (QED) is 0.754. The molecule has 0 radical (unpaired) electrons. The molecule has 2 aliphatic heterocycles. The summed E-state index contributed by atoms with van der Waals surface area (Å²) in [5.74, 6) is 0.465. The maximum Gasteiger partial charge on any atom is 0.222 e. The summed E-state index contributed by atoms with van der Waals surface area (Å²) in [4.78, 5) is 18.3. The number of amides is 1. The molecule has 3 heterocycles. The van der Waals surface area contributed by atoms with Gasteiger partial charge in [-0.15, -0.1) is 0 Å². The van der Waals surface area contributed by atoms with Crippen LogP contribution in [0.3, 0.4) is 0 Å². The number of ether oxygens (including phenoxy) is 1. The van der Waals surface area contributed by atoms with E-state index < -0.39 is 14.6 Å². The number of aromatic nitrogens is 1. The van der Waals surface area contributed by atoms with Crippen molar-refractivity contribution in [3.8, 4) is 0 Å². The Kier molecular flexibility index (Phi) is 5.40. The molecular weight excluding hydrogens is 352 g/mol. The first-order valence-electron chi connectivity index (χ1n) is 9.24. The highest BCUT2D eigenvalue weighted by atomic mass is 32.2. The predicted octanol–water partition coefficient (Wildman–Crippen LogP) is 1.97. The van der Waals surface area contributed by atoms with Crippen LogP contribution in [0.4, 0.5) is 0 Å². The van der Waals surface area contributed by atoms with Gasteiger partial charge in [-0.3, -0.25) is 9.78 Å². The average molecular weight is 381 g/mol. The van der Waals surface area contributed by atoms with Crippen molar-refractivity contribution in [2.75, 3.05) is 25.4 Å². The van der Waals surface area contributed by atoms with E-state index in [0.29, 0.717) is 39.1 Å². The highest BCUT2D eigenvalue weighted by Crippen LogP contribution is 2.45. The molecule has 3 rings (SSSR count). The van der Waals surface area contributed by atoms with Gasteiger partial charge >= 0.3 is 0 Å². The van der Waals surface area contributed by atoms with Crippen LogP contribution in [0.2, 0.25) is 0 Å². The van der Waals surface area contributed by atoms with Gasteiger partial charge in [-0.05, 0) is 31.4 Å². The molecule has 26 heavy (non-hydrogen) atoms. The van der Waals surface area contributed by atoms with Gasteiger partial charge in [0.05, 0.1) is 24.7 Å². The monoisotopic (exact) mass is 380 g/mol. The van der Waals surface area contributed by atoms with E-state index in [9.17, 15) is 13.2 Å². The highest BCUT2D eigenvalue weighted by molar-refractivity contribution is 7.93. The zero-order valence-electron chi connectivity index (χ0n) is 15.8. The summed E-state index contributed by atoms with van der Waals surface area (Å²) in [6, 6.07) is 5.77. The zero-order valence-corrected chi connectivity index (χ0v) is 16.6. The van der Waals surface area contributed by atoms with Gasteiger partial charge < -0.3 is 9.64 Å². The van der Waals surface area contributed by atoms with Crippen LogP contribution in [0, 0.1) is 18.8 Å². The number of carbonyl (C=O) groups excluding carboxylic acids is 1. The molecule has 2 saturated heterocycles. The maximum atomic E-state index is 12.6. The lowest BCUT2D eigenvalue weighted by atomic mass is 9.83. The van der Waals surface area contributed by atoms with Crippen molar-refractivity contribution in [1.82, 2.24) is 9.88 Å². The van der Waals surface area contributed by atoms with Gasteiger partial charge in [-0.2, -0.15) is 0 Å². The molecule has 0 unspecified atom stereocenters. The summed E-state index contributed by atoms with van der Waals surface area (Å²) in [6.07, 6.45) is 1.08. The number of nitrogens with zero attached hydrogens (tertiary/aromatic N) is 2. The maximum absolute atomic E-state index is 12.6. The van der Waals surface area contributed by atoms with Gasteiger partial charge in [-0.1, -0.05) is 19.9 Å². The number of hydrogen-bond donors (Lipinski definition) is 0. The van der Waals surface area contributed by atoms with Crippen molar-refractivity contribution in [3.05, 3.63) is 29.6 Å². The van der Waals surface area contributed by atoms with E-state index in [1.807, 2.05) is 39.0 Å². The van der Waals surface area contributed by atoms with Crippen LogP contribution in [-0.4, -0.2) is 54.4 Å². The molecule has 2 fully saturated rings. The number of likely N-dealkylation sites (tertiary alicyclic amines) is 1. The van der Waals surface area contributed by atoms with E-state index in [1.54, 1.807) is 4.90 Å². The number of hydrogen-bond acceptors (Lipinski definition) is 5. The van der Waals surface area contributed by atoms with E-state index in [1.165, 1.54) is 0 Å². The van der Waals surface area contributed by atoms with Crippen molar-refractivity contribution >= 4 is 15.7 Å². The largest absolute Gasteiger partial charge is 0.375 e. The first kappa shape index (κ1) is 19.3. The fourth-order valence-corrected chi connectivity index (χ4v) is 6.35. The lowest BCUT2D eigenvalue weighted by Crippen LogP contribution is -2.68. The summed E-state index contributed by atoms with van der Waals surface area (Å²) in [5.41, 5.74) is 1.78. The Bertz CT molecular complexity index is 769. The molecule has 1 atom stereocenters. The Morgan fingerprint density at radius 3 is 2.77 bits per heavy atom. The van der Waals surface area contributed by atoms with Crippen molar-refractivity contribution in [1.29, 1.82) is 0 Å². The Hall–Kier alpha value is -1.47. The molecule has 2 aliphatic rings. The van der Waals surface area contributed by atoms with Crippen LogP contribution in [0.5, 0.6) is 0 Å². The van der Waals surface area contributed by atoms with E-state index >= 15 is 0 Å². The van der Waals surface area contributed by atoms with Crippen LogP contribution in [0.15, 0.2) is 18.2 Å². The van der Waals surface area contributed by atoms with Crippen molar-refractivity contribution < 1.29 is 17.9 Å². The van der Waals surface area contributed by atoms with Gasteiger partial charge in [0, 0.05) is 31.1 Å². The molecule has 0 aromatic carbocycles. The highest BCUT2D eigenvalue weighted by Gasteiger charge is 2.62. The summed E-state index contributed by atoms with van der Waals surface area (Å²) < 4.78 is 30.3. The van der Waals surface area contributed by atoms with E-state index in [4.69, 9.17) is 4.74 Å². The minimum atomic E-state index is -3.19. The third kappa shape index (κ3) is 3.64. The standard InChI is InChI=1S/C19H28N2O4S/c1-14(2)9-18(22)21-12-19(13-21)16(7-8-26(19,23)24)10-25-11-17-6-4-5-15(3)20-17/h4-6,14,16H,7-13H2,1-3H3/t16-/m1/s1. The molecule has 1 aromatic heterocycles. The SMILES string of the molecule is Cc1cccc(COC[C@H]2CCS(=O)(=O)C23CN(C(=O)CC(C)C)C3)n1. The lowest BCUT2D eigenvalue weighted by molar-refractivity contribution is -0.138. The second-order valence-electron chi connectivity index (χ2n) is 8.00. The third-order valence-corrected chi connectivity index (χ3v) is 8.07. The normalized spacial score (nSPS) is 23.4. The lowest BCUT2D eigenvalue weighted by Gasteiger charge is -2.50. The molecule has 0 bridgehead atoms. The van der Waals surface area contributed by atoms with E-state index in [-0.39, 0.29) is 23.5 Å². The van der Waals surface area contributed by atoms with E-state index in [2.05, 4.69) is 4.98 Å². The fraction of sp³-hybridized carbons (Fsp3) is 0.684. The van der Waals surface area contributed by atoms with Crippen molar-refractivity contribution in [3.63, 3.8) is 0 Å². The van der Waals surface area contributed by atoms with Crippen LogP contribution in [0.1, 0.15) is 38.1 Å². The molecule has 6 nitrogen and oxygen atoms in total. The number of pyridine rings is 1. The first-order valence-corrected chi connectivity index (χ1v) is 10.9. The van der Waals surface area contributed by atoms with E-state index in [0.717, 1.165) is 11.4 Å². The van der Waals surface area contributed by atoms with Crippen molar-refractivity contribution in [2.24, 2.45) is 11.8 Å². The van der Waals surface area contributed by atoms with Crippen LogP contribution in [-0.2, 0) is 26.0 Å². The number of rotatable bonds is 6. The molecule has 1 aromatic rings. The smallest absolute Gasteiger partial charge is 0.222 e. The van der Waals surface area contributed by atoms with Crippen LogP contribution < -0.4 is 0 Å². The predicted molar refractivity (Wildman–Crippen MR) is 99.3 cm³/mol. The summed E-state index contributed by atoms with van der Waals surface area (Å²) in [6.45, 7) is 7.32. The summed E-state index contributed by atoms with van der Waals surface area (Å²) in [5, 5.41) is 0. The van der Waals surface area contributed by atoms with Gasteiger partial charge in [0.25, 0.3) is 0 Å². The number of sulfone groups is 1. The zero-order chi connectivity index (χ0) is 18.9. The topological polar surface area (TPSA) is 76.6 Å².